The van der Waals surface area contributed by atoms with Crippen LogP contribution in [-0.2, 0) is 4.74 Å². The maximum atomic E-state index is 13.8. The summed E-state index contributed by atoms with van der Waals surface area (Å²) in [5.41, 5.74) is -1.69. The summed E-state index contributed by atoms with van der Waals surface area (Å²) in [6.07, 6.45) is -7.02. The summed E-state index contributed by atoms with van der Waals surface area (Å²) in [4.78, 5) is 26.9. The summed E-state index contributed by atoms with van der Waals surface area (Å²) in [6.45, 7) is -0.649. The third-order valence-corrected chi connectivity index (χ3v) is 7.46. The summed E-state index contributed by atoms with van der Waals surface area (Å²) in [5, 5.41) is 91.7. The smallest absolute Gasteiger partial charge is 0.338 e. The van der Waals surface area contributed by atoms with Crippen LogP contribution in [0.3, 0.4) is 0 Å². The fourth-order valence-electron chi connectivity index (χ4n) is 5.21. The molecule has 0 amide bonds. The van der Waals surface area contributed by atoms with E-state index in [0.29, 0.717) is 0 Å². The Morgan fingerprint density at radius 2 is 1.56 bits per heavy atom. The SMILES string of the molecule is COc1c(O)cc(C(=O)O[C@H]2[C@@H](O)[C@@H](O)[C@@H](CO)C[C@H]2Oc2c(-c3ccc(O)c(O)c3)oc3cc(O)cc(O)c3c2=O)cc1O. The molecule has 5 atom stereocenters. The van der Waals surface area contributed by atoms with Gasteiger partial charge in [0.1, 0.15) is 34.7 Å². The van der Waals surface area contributed by atoms with Gasteiger partial charge in [0.05, 0.1) is 18.8 Å². The van der Waals surface area contributed by atoms with Crippen molar-refractivity contribution in [3.8, 4) is 57.3 Å². The highest BCUT2D eigenvalue weighted by atomic mass is 16.6. The second-order valence-corrected chi connectivity index (χ2v) is 10.4. The topological polar surface area (TPSA) is 257 Å². The first kappa shape index (κ1) is 31.1. The van der Waals surface area contributed by atoms with Crippen LogP contribution in [0.1, 0.15) is 16.8 Å². The van der Waals surface area contributed by atoms with Crippen molar-refractivity contribution in [1.82, 2.24) is 0 Å². The summed E-state index contributed by atoms with van der Waals surface area (Å²) in [5.74, 6) is -7.00. The third kappa shape index (κ3) is 5.66. The van der Waals surface area contributed by atoms with Crippen molar-refractivity contribution in [1.29, 1.82) is 0 Å². The molecule has 1 aliphatic rings. The van der Waals surface area contributed by atoms with Crippen LogP contribution >= 0.6 is 0 Å². The van der Waals surface area contributed by atoms with Crippen molar-refractivity contribution < 1.29 is 69.4 Å². The van der Waals surface area contributed by atoms with Gasteiger partial charge >= 0.3 is 5.97 Å². The second-order valence-electron chi connectivity index (χ2n) is 10.4. The fraction of sp³-hybridized carbons (Fsp3) is 0.267. The highest BCUT2D eigenvalue weighted by Gasteiger charge is 2.47. The van der Waals surface area contributed by atoms with Crippen LogP contribution in [0.5, 0.6) is 46.0 Å². The molecule has 1 heterocycles. The van der Waals surface area contributed by atoms with Gasteiger partial charge < -0.3 is 64.6 Å². The number of esters is 1. The van der Waals surface area contributed by atoms with E-state index < -0.39 is 94.0 Å². The number of carbonyl (C=O) groups excluding carboxylic acids is 1. The summed E-state index contributed by atoms with van der Waals surface area (Å²) < 4.78 is 22.1. The lowest BCUT2D eigenvalue weighted by Gasteiger charge is -2.41. The Bertz CT molecular complexity index is 1810. The number of hydrogen-bond donors (Lipinski definition) is 9. The fourth-order valence-corrected chi connectivity index (χ4v) is 5.21. The molecule has 45 heavy (non-hydrogen) atoms. The van der Waals surface area contributed by atoms with E-state index >= 15 is 0 Å². The molecular formula is C30H28O15. The standard InChI is InChI=1S/C30H28O15/c1-42-27-18(36)5-12(6-19(27)37)30(41)45-28-21(7-13(10-31)23(38)25(28)40)44-29-24(39)22-17(35)8-14(32)9-20(22)43-26(29)11-2-3-15(33)16(34)4-11/h2-6,8-9,13,21,23,25,28,31-38,40H,7,10H2,1H3/t13-,21-,23+,25+,28-/m1/s1. The minimum Gasteiger partial charge on any atom is -0.508 e. The van der Waals surface area contributed by atoms with Gasteiger partial charge in [0, 0.05) is 30.2 Å². The first-order valence-corrected chi connectivity index (χ1v) is 13.3. The molecule has 15 nitrogen and oxygen atoms in total. The number of hydrogen-bond acceptors (Lipinski definition) is 15. The zero-order valence-corrected chi connectivity index (χ0v) is 23.3. The average Bonchev–Trinajstić information content (AvgIpc) is 2.98. The molecular weight excluding hydrogens is 600 g/mol. The lowest BCUT2D eigenvalue weighted by atomic mass is 9.81. The van der Waals surface area contributed by atoms with E-state index in [9.17, 15) is 55.5 Å². The van der Waals surface area contributed by atoms with Crippen molar-refractivity contribution in [2.75, 3.05) is 13.7 Å². The lowest BCUT2D eigenvalue weighted by Crippen LogP contribution is -2.57. The summed E-state index contributed by atoms with van der Waals surface area (Å²) >= 11 is 0. The minimum absolute atomic E-state index is 0.0186. The molecule has 238 valence electrons. The highest BCUT2D eigenvalue weighted by Crippen LogP contribution is 2.41. The number of benzene rings is 3. The van der Waals surface area contributed by atoms with Gasteiger partial charge in [-0.05, 0) is 36.8 Å². The van der Waals surface area contributed by atoms with Crippen molar-refractivity contribution in [2.45, 2.75) is 30.8 Å². The van der Waals surface area contributed by atoms with Gasteiger partial charge in [-0.2, -0.15) is 0 Å². The number of ether oxygens (including phenoxy) is 3. The number of phenols is 6. The molecule has 0 aliphatic heterocycles. The van der Waals surface area contributed by atoms with Gasteiger partial charge in [-0.3, -0.25) is 4.79 Å². The van der Waals surface area contributed by atoms with Crippen molar-refractivity contribution in [3.05, 3.63) is 58.3 Å². The van der Waals surface area contributed by atoms with Gasteiger partial charge in [0.2, 0.25) is 16.9 Å². The largest absolute Gasteiger partial charge is 0.508 e. The molecule has 15 heteroatoms. The van der Waals surface area contributed by atoms with Crippen LogP contribution in [0.15, 0.2) is 51.7 Å². The Hall–Kier alpha value is -5.38. The molecule has 0 bridgehead atoms. The molecule has 3 aromatic carbocycles. The molecule has 0 radical (unpaired) electrons. The number of fused-ring (bicyclic) bond motifs is 1. The van der Waals surface area contributed by atoms with E-state index in [1.54, 1.807) is 0 Å². The second kappa shape index (κ2) is 12.0. The van der Waals surface area contributed by atoms with Crippen molar-refractivity contribution in [3.63, 3.8) is 0 Å². The molecule has 5 rings (SSSR count). The van der Waals surface area contributed by atoms with Crippen LogP contribution in [0.25, 0.3) is 22.3 Å². The number of rotatable bonds is 7. The van der Waals surface area contributed by atoms with E-state index in [1.807, 2.05) is 0 Å². The summed E-state index contributed by atoms with van der Waals surface area (Å²) in [7, 11) is 1.17. The molecule has 1 aromatic heterocycles. The Kier molecular flexibility index (Phi) is 8.25. The van der Waals surface area contributed by atoms with E-state index in [-0.39, 0.29) is 34.6 Å². The normalized spacial score (nSPS) is 21.4. The van der Waals surface area contributed by atoms with Crippen LogP contribution < -0.4 is 14.9 Å². The van der Waals surface area contributed by atoms with E-state index in [2.05, 4.69) is 0 Å². The molecule has 9 N–H and O–H groups in total. The molecule has 1 aliphatic carbocycles. The van der Waals surface area contributed by atoms with E-state index in [0.717, 1.165) is 36.4 Å². The minimum atomic E-state index is -1.88. The van der Waals surface area contributed by atoms with Crippen LogP contribution in [0, 0.1) is 5.92 Å². The number of aliphatic hydroxyl groups excluding tert-OH is 3. The van der Waals surface area contributed by atoms with Crippen LogP contribution in [-0.4, -0.2) is 90.1 Å². The quantitative estimate of drug-likeness (QED) is 0.104. The number of methoxy groups -OCH3 is 1. The lowest BCUT2D eigenvalue weighted by molar-refractivity contribution is -0.159. The zero-order chi connectivity index (χ0) is 32.7. The number of phenolic OH excluding ortho intramolecular Hbond substituents is 6. The van der Waals surface area contributed by atoms with Crippen LogP contribution in [0.4, 0.5) is 0 Å². The van der Waals surface area contributed by atoms with E-state index in [1.165, 1.54) is 13.2 Å². The Labute approximate surface area is 252 Å². The number of aromatic hydroxyl groups is 6. The predicted molar refractivity (Wildman–Crippen MR) is 152 cm³/mol. The highest BCUT2D eigenvalue weighted by molar-refractivity contribution is 5.91. The van der Waals surface area contributed by atoms with Gasteiger partial charge in [-0.15, -0.1) is 0 Å². The van der Waals surface area contributed by atoms with Gasteiger partial charge in [0.15, 0.2) is 34.9 Å². The molecule has 4 aromatic rings. The zero-order valence-electron chi connectivity index (χ0n) is 23.3. The predicted octanol–water partition coefficient (Wildman–Crippen LogP) is 1.41. The van der Waals surface area contributed by atoms with E-state index in [4.69, 9.17) is 18.6 Å². The Morgan fingerprint density at radius 1 is 0.867 bits per heavy atom. The van der Waals surface area contributed by atoms with Gasteiger partial charge in [0.25, 0.3) is 0 Å². The maximum Gasteiger partial charge on any atom is 0.338 e. The molecule has 0 unspecified atom stereocenters. The number of aliphatic hydroxyl groups is 3. The monoisotopic (exact) mass is 628 g/mol. The Balaban J connectivity index is 1.62. The van der Waals surface area contributed by atoms with Gasteiger partial charge in [-0.1, -0.05) is 0 Å². The van der Waals surface area contributed by atoms with Crippen molar-refractivity contribution >= 4 is 16.9 Å². The first-order chi connectivity index (χ1) is 21.3. The maximum absolute atomic E-state index is 13.8. The summed E-state index contributed by atoms with van der Waals surface area (Å²) in [6, 6.07) is 7.13. The molecule has 1 saturated carbocycles. The molecule has 1 fully saturated rings. The number of carbonyl (C=O) groups is 1. The third-order valence-electron chi connectivity index (χ3n) is 7.46. The molecule has 0 spiro atoms. The average molecular weight is 629 g/mol. The van der Waals surface area contributed by atoms with Crippen LogP contribution in [0.2, 0.25) is 0 Å². The molecule has 0 saturated heterocycles. The van der Waals surface area contributed by atoms with Gasteiger partial charge in [-0.25, -0.2) is 4.79 Å². The first-order valence-electron chi connectivity index (χ1n) is 13.3. The van der Waals surface area contributed by atoms with Crippen molar-refractivity contribution in [2.24, 2.45) is 5.92 Å². The Morgan fingerprint density at radius 3 is 2.18 bits per heavy atom.